The lowest BCUT2D eigenvalue weighted by molar-refractivity contribution is 0.713. The van der Waals surface area contributed by atoms with Crippen molar-refractivity contribution in [2.24, 2.45) is 0 Å². The lowest BCUT2D eigenvalue weighted by atomic mass is 10.0. The molecule has 0 aliphatic carbocycles. The highest BCUT2D eigenvalue weighted by atomic mass is 15.6. The van der Waals surface area contributed by atoms with Crippen molar-refractivity contribution in [2.75, 3.05) is 22.6 Å². The van der Waals surface area contributed by atoms with Crippen molar-refractivity contribution in [1.29, 1.82) is 0 Å². The van der Waals surface area contributed by atoms with Crippen molar-refractivity contribution in [3.8, 4) is 11.1 Å². The van der Waals surface area contributed by atoms with Crippen molar-refractivity contribution < 1.29 is 0 Å². The average Bonchev–Trinajstić information content (AvgIpc) is 3.06. The molecular formula is C24H23N5. The Hall–Kier alpha value is -3.73. The molecule has 2 bridgehead atoms. The van der Waals surface area contributed by atoms with Crippen LogP contribution in [0.1, 0.15) is 17.2 Å². The Labute approximate surface area is 170 Å². The standard InChI is InChI=1S/C24H23N5/c1-3-8-18(9-4-1)15-25-21-13-7-12-20(14-21)22-17-29-26-16-23(27-24(22)28-29)19-10-5-2-6-11-19/h1-14,17,23,25-26H,15-16H2,(H,27,28). The fourth-order valence-electron chi connectivity index (χ4n) is 3.66. The van der Waals surface area contributed by atoms with Gasteiger partial charge in [-0.15, -0.1) is 5.10 Å². The molecule has 5 rings (SSSR count). The number of anilines is 2. The van der Waals surface area contributed by atoms with Gasteiger partial charge < -0.3 is 16.1 Å². The number of nitrogens with zero attached hydrogens (tertiary/aromatic N) is 2. The van der Waals surface area contributed by atoms with E-state index in [1.165, 1.54) is 11.1 Å². The highest BCUT2D eigenvalue weighted by molar-refractivity contribution is 5.77. The van der Waals surface area contributed by atoms with Crippen LogP contribution in [0.25, 0.3) is 11.1 Å². The molecule has 5 nitrogen and oxygen atoms in total. The minimum atomic E-state index is 0.169. The van der Waals surface area contributed by atoms with Crippen LogP contribution in [0.4, 0.5) is 11.5 Å². The minimum Gasteiger partial charge on any atom is -0.381 e. The normalized spacial score (nSPS) is 15.1. The predicted octanol–water partition coefficient (Wildman–Crippen LogP) is 4.87. The number of rotatable bonds is 5. The summed E-state index contributed by atoms with van der Waals surface area (Å²) in [7, 11) is 0. The Morgan fingerprint density at radius 2 is 1.72 bits per heavy atom. The maximum atomic E-state index is 4.66. The predicted molar refractivity (Wildman–Crippen MR) is 118 cm³/mol. The van der Waals surface area contributed by atoms with Gasteiger partial charge >= 0.3 is 0 Å². The van der Waals surface area contributed by atoms with Crippen LogP contribution in [0.2, 0.25) is 0 Å². The quantitative estimate of drug-likeness (QED) is 0.462. The number of hydrogen-bond acceptors (Lipinski definition) is 4. The molecule has 0 saturated heterocycles. The highest BCUT2D eigenvalue weighted by Crippen LogP contribution is 2.32. The van der Waals surface area contributed by atoms with Crippen molar-refractivity contribution in [3.05, 3.63) is 102 Å². The zero-order valence-electron chi connectivity index (χ0n) is 16.0. The fourth-order valence-corrected chi connectivity index (χ4v) is 3.66. The van der Waals surface area contributed by atoms with Crippen LogP contribution in [0.15, 0.2) is 91.1 Å². The van der Waals surface area contributed by atoms with E-state index in [9.17, 15) is 0 Å². The van der Waals surface area contributed by atoms with E-state index >= 15 is 0 Å². The van der Waals surface area contributed by atoms with Gasteiger partial charge in [-0.05, 0) is 28.8 Å². The number of fused-ring (bicyclic) bond motifs is 2. The second-order valence-electron chi connectivity index (χ2n) is 7.23. The summed E-state index contributed by atoms with van der Waals surface area (Å²) in [6.45, 7) is 1.58. The first kappa shape index (κ1) is 17.4. The van der Waals surface area contributed by atoms with Crippen LogP contribution < -0.4 is 16.1 Å². The lowest BCUT2D eigenvalue weighted by Crippen LogP contribution is -2.23. The van der Waals surface area contributed by atoms with E-state index in [-0.39, 0.29) is 6.04 Å². The molecule has 0 saturated carbocycles. The first-order valence-corrected chi connectivity index (χ1v) is 9.88. The van der Waals surface area contributed by atoms with Gasteiger partial charge in [-0.3, -0.25) is 0 Å². The Balaban J connectivity index is 1.38. The number of hydrogen-bond donors (Lipinski definition) is 3. The summed E-state index contributed by atoms with van der Waals surface area (Å²) in [4.78, 5) is 1.81. The summed E-state index contributed by atoms with van der Waals surface area (Å²) < 4.78 is 0. The SMILES string of the molecule is c1ccc(CNc2cccc(-c3cn4nc3NC(c3ccccc3)CN4)c2)cc1. The van der Waals surface area contributed by atoms with E-state index in [0.29, 0.717) is 0 Å². The molecule has 0 spiro atoms. The topological polar surface area (TPSA) is 53.9 Å². The molecule has 4 aromatic rings. The third-order valence-corrected chi connectivity index (χ3v) is 5.20. The molecule has 5 heteroatoms. The maximum absolute atomic E-state index is 4.66. The van der Waals surface area contributed by atoms with Gasteiger partial charge in [0.2, 0.25) is 0 Å². The van der Waals surface area contributed by atoms with E-state index in [4.69, 9.17) is 0 Å². The second-order valence-corrected chi connectivity index (χ2v) is 7.23. The summed E-state index contributed by atoms with van der Waals surface area (Å²) in [5.41, 5.74) is 9.19. The number of nitrogens with one attached hydrogen (secondary N) is 3. The summed E-state index contributed by atoms with van der Waals surface area (Å²) >= 11 is 0. The van der Waals surface area contributed by atoms with Gasteiger partial charge in [0, 0.05) is 17.8 Å². The van der Waals surface area contributed by atoms with Crippen LogP contribution in [0.5, 0.6) is 0 Å². The molecule has 0 amide bonds. The van der Waals surface area contributed by atoms with Gasteiger partial charge in [0.25, 0.3) is 0 Å². The number of benzene rings is 3. The average molecular weight is 381 g/mol. The van der Waals surface area contributed by atoms with Crippen molar-refractivity contribution in [2.45, 2.75) is 12.6 Å². The molecule has 144 valence electrons. The van der Waals surface area contributed by atoms with Gasteiger partial charge in [-0.25, -0.2) is 0 Å². The van der Waals surface area contributed by atoms with Gasteiger partial charge in [0.15, 0.2) is 5.82 Å². The van der Waals surface area contributed by atoms with Gasteiger partial charge in [-0.2, -0.15) is 4.79 Å². The van der Waals surface area contributed by atoms with Crippen LogP contribution in [0, 0.1) is 0 Å². The third-order valence-electron chi connectivity index (χ3n) is 5.20. The minimum absolute atomic E-state index is 0.169. The fraction of sp³-hybridized carbons (Fsp3) is 0.125. The van der Waals surface area contributed by atoms with Crippen molar-refractivity contribution in [1.82, 2.24) is 9.89 Å². The van der Waals surface area contributed by atoms with E-state index in [1.807, 2.05) is 23.1 Å². The van der Waals surface area contributed by atoms with Gasteiger partial charge in [-0.1, -0.05) is 72.8 Å². The molecule has 2 heterocycles. The molecule has 1 aliphatic heterocycles. The van der Waals surface area contributed by atoms with Crippen LogP contribution in [-0.2, 0) is 6.54 Å². The van der Waals surface area contributed by atoms with Gasteiger partial charge in [0.05, 0.1) is 18.8 Å². The molecule has 0 radical (unpaired) electrons. The van der Waals surface area contributed by atoms with E-state index < -0.39 is 0 Å². The molecule has 29 heavy (non-hydrogen) atoms. The van der Waals surface area contributed by atoms with E-state index in [1.54, 1.807) is 0 Å². The third kappa shape index (κ3) is 3.80. The largest absolute Gasteiger partial charge is 0.381 e. The first-order chi connectivity index (χ1) is 14.3. The highest BCUT2D eigenvalue weighted by Gasteiger charge is 2.21. The Morgan fingerprint density at radius 1 is 0.931 bits per heavy atom. The molecule has 1 unspecified atom stereocenters. The van der Waals surface area contributed by atoms with E-state index in [0.717, 1.165) is 35.7 Å². The molecule has 1 atom stereocenters. The molecular weight excluding hydrogens is 358 g/mol. The smallest absolute Gasteiger partial charge is 0.158 e. The monoisotopic (exact) mass is 381 g/mol. The van der Waals surface area contributed by atoms with Crippen molar-refractivity contribution >= 4 is 11.5 Å². The molecule has 3 aromatic carbocycles. The molecule has 1 aromatic heterocycles. The van der Waals surface area contributed by atoms with Crippen LogP contribution >= 0.6 is 0 Å². The zero-order chi connectivity index (χ0) is 19.5. The van der Waals surface area contributed by atoms with Crippen LogP contribution in [-0.4, -0.2) is 16.4 Å². The Kier molecular flexibility index (Phi) is 4.62. The summed E-state index contributed by atoms with van der Waals surface area (Å²) in [5.74, 6) is 0.893. The van der Waals surface area contributed by atoms with E-state index in [2.05, 4.69) is 94.0 Å². The summed E-state index contributed by atoms with van der Waals surface area (Å²) in [5, 5.41) is 11.8. The van der Waals surface area contributed by atoms with Crippen LogP contribution in [0.3, 0.4) is 0 Å². The number of aromatic nitrogens is 2. The lowest BCUT2D eigenvalue weighted by Gasteiger charge is -2.19. The Morgan fingerprint density at radius 3 is 2.55 bits per heavy atom. The Bertz CT molecular complexity index is 1090. The summed E-state index contributed by atoms with van der Waals surface area (Å²) in [6, 6.07) is 29.5. The zero-order valence-corrected chi connectivity index (χ0v) is 16.0. The summed E-state index contributed by atoms with van der Waals surface area (Å²) in [6.07, 6.45) is 2.04. The second kappa shape index (κ2) is 7.72. The molecule has 0 fully saturated rings. The first-order valence-electron chi connectivity index (χ1n) is 9.88. The maximum Gasteiger partial charge on any atom is 0.158 e. The molecule has 3 N–H and O–H groups in total. The molecule has 1 aliphatic rings. The van der Waals surface area contributed by atoms with Gasteiger partial charge in [0.1, 0.15) is 0 Å². The van der Waals surface area contributed by atoms with Crippen molar-refractivity contribution in [3.63, 3.8) is 0 Å².